The summed E-state index contributed by atoms with van der Waals surface area (Å²) in [4.78, 5) is 25.8. The van der Waals surface area contributed by atoms with Crippen LogP contribution in [0.5, 0.6) is 0 Å². The Bertz CT molecular complexity index is 1110. The lowest BCUT2D eigenvalue weighted by molar-refractivity contribution is 0.0949. The molecule has 7 nitrogen and oxygen atoms in total. The van der Waals surface area contributed by atoms with Crippen LogP contribution in [-0.4, -0.2) is 26.0 Å². The molecule has 4 aromatic rings. The number of pyridine rings is 1. The van der Waals surface area contributed by atoms with Crippen LogP contribution in [0.3, 0.4) is 0 Å². The van der Waals surface area contributed by atoms with Gasteiger partial charge in [0.1, 0.15) is 9.88 Å². The van der Waals surface area contributed by atoms with Crippen LogP contribution in [0.4, 0.5) is 0 Å². The van der Waals surface area contributed by atoms with E-state index < -0.39 is 0 Å². The standard InChI is InChI=1S/C19H14ClN5O2S/c1-11-16(28-19(23-11)13-2-4-14(20)5-3-13)18(26)22-10-15-24-17(25-27-15)12-6-8-21-9-7-12/h2-9H,10H2,1H3,(H,22,26). The number of aryl methyl sites for hydroxylation is 1. The number of halogens is 1. The molecule has 3 aromatic heterocycles. The fourth-order valence-electron chi connectivity index (χ4n) is 2.50. The zero-order valence-electron chi connectivity index (χ0n) is 14.7. The molecular formula is C19H14ClN5O2S. The van der Waals surface area contributed by atoms with Crippen molar-refractivity contribution in [1.29, 1.82) is 0 Å². The summed E-state index contributed by atoms with van der Waals surface area (Å²) in [6, 6.07) is 10.9. The number of carbonyl (C=O) groups excluding carboxylic acids is 1. The number of thiazole rings is 1. The summed E-state index contributed by atoms with van der Waals surface area (Å²) in [5, 5.41) is 8.13. The maximum absolute atomic E-state index is 12.6. The maximum Gasteiger partial charge on any atom is 0.263 e. The van der Waals surface area contributed by atoms with Gasteiger partial charge in [-0.2, -0.15) is 4.98 Å². The molecule has 140 valence electrons. The van der Waals surface area contributed by atoms with Crippen molar-refractivity contribution in [2.45, 2.75) is 13.5 Å². The minimum Gasteiger partial charge on any atom is -0.342 e. The maximum atomic E-state index is 12.6. The number of amides is 1. The Hall–Kier alpha value is -3.10. The molecular weight excluding hydrogens is 398 g/mol. The predicted octanol–water partition coefficient (Wildman–Crippen LogP) is 4.15. The number of benzene rings is 1. The monoisotopic (exact) mass is 411 g/mol. The highest BCUT2D eigenvalue weighted by Crippen LogP contribution is 2.28. The Morgan fingerprint density at radius 3 is 2.61 bits per heavy atom. The van der Waals surface area contributed by atoms with Gasteiger partial charge in [-0.25, -0.2) is 4.98 Å². The Balaban J connectivity index is 1.44. The van der Waals surface area contributed by atoms with E-state index in [4.69, 9.17) is 16.1 Å². The SMILES string of the molecule is Cc1nc(-c2ccc(Cl)cc2)sc1C(=O)NCc1nc(-c2ccncc2)no1. The molecule has 0 spiro atoms. The minimum absolute atomic E-state index is 0.129. The fraction of sp³-hybridized carbons (Fsp3) is 0.105. The number of carbonyl (C=O) groups is 1. The molecule has 28 heavy (non-hydrogen) atoms. The lowest BCUT2D eigenvalue weighted by Gasteiger charge is -1.99. The van der Waals surface area contributed by atoms with Crippen molar-refractivity contribution in [3.63, 3.8) is 0 Å². The van der Waals surface area contributed by atoms with Gasteiger partial charge in [-0.05, 0) is 31.2 Å². The van der Waals surface area contributed by atoms with Crippen LogP contribution in [0.15, 0.2) is 53.3 Å². The van der Waals surface area contributed by atoms with Crippen LogP contribution < -0.4 is 5.32 Å². The quantitative estimate of drug-likeness (QED) is 0.530. The number of nitrogens with zero attached hydrogens (tertiary/aromatic N) is 4. The highest BCUT2D eigenvalue weighted by atomic mass is 35.5. The zero-order chi connectivity index (χ0) is 19.5. The van der Waals surface area contributed by atoms with E-state index in [1.54, 1.807) is 43.6 Å². The van der Waals surface area contributed by atoms with Gasteiger partial charge in [0.2, 0.25) is 11.7 Å². The summed E-state index contributed by atoms with van der Waals surface area (Å²) in [7, 11) is 0. The first-order valence-corrected chi connectivity index (χ1v) is 9.54. The first-order valence-electron chi connectivity index (χ1n) is 8.34. The minimum atomic E-state index is -0.237. The zero-order valence-corrected chi connectivity index (χ0v) is 16.3. The van der Waals surface area contributed by atoms with E-state index in [1.807, 2.05) is 12.1 Å². The summed E-state index contributed by atoms with van der Waals surface area (Å²) in [5.41, 5.74) is 2.37. The van der Waals surface area contributed by atoms with Gasteiger partial charge < -0.3 is 9.84 Å². The lowest BCUT2D eigenvalue weighted by atomic mass is 10.2. The van der Waals surface area contributed by atoms with Gasteiger partial charge in [-0.3, -0.25) is 9.78 Å². The van der Waals surface area contributed by atoms with Crippen LogP contribution >= 0.6 is 22.9 Å². The molecule has 3 heterocycles. The van der Waals surface area contributed by atoms with Crippen LogP contribution in [0.25, 0.3) is 22.0 Å². The van der Waals surface area contributed by atoms with Crippen molar-refractivity contribution in [2.24, 2.45) is 0 Å². The van der Waals surface area contributed by atoms with Crippen LogP contribution in [0.2, 0.25) is 5.02 Å². The first-order chi connectivity index (χ1) is 13.6. The molecule has 0 atom stereocenters. The predicted molar refractivity (Wildman–Crippen MR) is 106 cm³/mol. The van der Waals surface area contributed by atoms with Gasteiger partial charge in [0.15, 0.2) is 0 Å². The third kappa shape index (κ3) is 3.92. The summed E-state index contributed by atoms with van der Waals surface area (Å²) in [6.45, 7) is 1.93. The molecule has 1 amide bonds. The van der Waals surface area contributed by atoms with Crippen LogP contribution in [0, 0.1) is 6.92 Å². The molecule has 0 aliphatic carbocycles. The summed E-state index contributed by atoms with van der Waals surface area (Å²) in [6.07, 6.45) is 3.30. The van der Waals surface area contributed by atoms with E-state index in [0.717, 1.165) is 16.1 Å². The average Bonchev–Trinajstić information content (AvgIpc) is 3.34. The molecule has 0 aliphatic rings. The molecule has 4 rings (SSSR count). The van der Waals surface area contributed by atoms with E-state index >= 15 is 0 Å². The summed E-state index contributed by atoms with van der Waals surface area (Å²) < 4.78 is 5.20. The van der Waals surface area contributed by atoms with Crippen LogP contribution in [-0.2, 0) is 6.54 Å². The molecule has 0 radical (unpaired) electrons. The fourth-order valence-corrected chi connectivity index (χ4v) is 3.62. The molecule has 0 fully saturated rings. The van der Waals surface area contributed by atoms with Crippen molar-refractivity contribution in [3.8, 4) is 22.0 Å². The van der Waals surface area contributed by atoms with E-state index in [0.29, 0.717) is 27.3 Å². The number of hydrogen-bond acceptors (Lipinski definition) is 7. The third-order valence-corrected chi connectivity index (χ3v) is 5.36. The molecule has 0 aliphatic heterocycles. The van der Waals surface area contributed by atoms with Gasteiger partial charge in [0.25, 0.3) is 5.91 Å². The lowest BCUT2D eigenvalue weighted by Crippen LogP contribution is -2.22. The number of hydrogen-bond donors (Lipinski definition) is 1. The van der Waals surface area contributed by atoms with Gasteiger partial charge in [0, 0.05) is 28.5 Å². The molecule has 9 heteroatoms. The van der Waals surface area contributed by atoms with E-state index in [2.05, 4.69) is 25.4 Å². The highest BCUT2D eigenvalue weighted by molar-refractivity contribution is 7.17. The second kappa shape index (κ2) is 7.87. The van der Waals surface area contributed by atoms with Crippen LogP contribution in [0.1, 0.15) is 21.3 Å². The molecule has 0 saturated heterocycles. The van der Waals surface area contributed by atoms with E-state index in [1.165, 1.54) is 11.3 Å². The second-order valence-electron chi connectivity index (χ2n) is 5.87. The van der Waals surface area contributed by atoms with Crippen molar-refractivity contribution < 1.29 is 9.32 Å². The summed E-state index contributed by atoms with van der Waals surface area (Å²) in [5.74, 6) is 0.532. The van der Waals surface area contributed by atoms with Gasteiger partial charge in [-0.15, -0.1) is 11.3 Å². The highest BCUT2D eigenvalue weighted by Gasteiger charge is 2.17. The number of aromatic nitrogens is 4. The van der Waals surface area contributed by atoms with Gasteiger partial charge >= 0.3 is 0 Å². The molecule has 0 unspecified atom stereocenters. The molecule has 0 bridgehead atoms. The van der Waals surface area contributed by atoms with Crippen molar-refractivity contribution in [1.82, 2.24) is 25.4 Å². The van der Waals surface area contributed by atoms with E-state index in [9.17, 15) is 4.79 Å². The third-order valence-electron chi connectivity index (χ3n) is 3.90. The van der Waals surface area contributed by atoms with Gasteiger partial charge in [-0.1, -0.05) is 28.9 Å². The topological polar surface area (TPSA) is 93.8 Å². The Labute approximate surface area is 169 Å². The Kier molecular flexibility index (Phi) is 5.14. The molecule has 1 aromatic carbocycles. The number of rotatable bonds is 5. The smallest absolute Gasteiger partial charge is 0.263 e. The molecule has 1 N–H and O–H groups in total. The normalized spacial score (nSPS) is 10.8. The molecule has 0 saturated carbocycles. The Morgan fingerprint density at radius 1 is 1.11 bits per heavy atom. The first kappa shape index (κ1) is 18.3. The largest absolute Gasteiger partial charge is 0.342 e. The van der Waals surface area contributed by atoms with Crippen molar-refractivity contribution >= 4 is 28.8 Å². The Morgan fingerprint density at radius 2 is 1.86 bits per heavy atom. The summed E-state index contributed by atoms with van der Waals surface area (Å²) >= 11 is 7.25. The van der Waals surface area contributed by atoms with E-state index in [-0.39, 0.29) is 12.5 Å². The van der Waals surface area contributed by atoms with Crippen molar-refractivity contribution in [2.75, 3.05) is 0 Å². The second-order valence-corrected chi connectivity index (χ2v) is 7.31. The van der Waals surface area contributed by atoms with Gasteiger partial charge in [0.05, 0.1) is 12.2 Å². The number of nitrogens with one attached hydrogen (secondary N) is 1. The average molecular weight is 412 g/mol. The van der Waals surface area contributed by atoms with Crippen molar-refractivity contribution in [3.05, 3.63) is 70.3 Å².